The van der Waals surface area contributed by atoms with Crippen molar-refractivity contribution in [1.29, 1.82) is 0 Å². The van der Waals surface area contributed by atoms with E-state index in [-0.39, 0.29) is 0 Å². The monoisotopic (exact) mass is 285 g/mol. The van der Waals surface area contributed by atoms with Gasteiger partial charge in [-0.2, -0.15) is 0 Å². The molecule has 1 saturated carbocycles. The number of anilines is 1. The maximum Gasteiger partial charge on any atom is 0.112 e. The fourth-order valence-electron chi connectivity index (χ4n) is 3.72. The van der Waals surface area contributed by atoms with Gasteiger partial charge in [0.05, 0.1) is 11.0 Å². The zero-order valence-electron chi connectivity index (χ0n) is 13.5. The minimum absolute atomic E-state index is 0.414. The number of imidazole rings is 1. The van der Waals surface area contributed by atoms with Crippen molar-refractivity contribution in [1.82, 2.24) is 9.55 Å². The Kier molecular flexibility index (Phi) is 3.68. The molecule has 0 unspecified atom stereocenters. The first-order chi connectivity index (χ1) is 9.98. The lowest BCUT2D eigenvalue weighted by molar-refractivity contribution is 0.183. The maximum atomic E-state index is 5.92. The van der Waals surface area contributed by atoms with Crippen LogP contribution in [0.15, 0.2) is 18.2 Å². The van der Waals surface area contributed by atoms with Gasteiger partial charge in [-0.15, -0.1) is 0 Å². The van der Waals surface area contributed by atoms with E-state index in [9.17, 15) is 0 Å². The van der Waals surface area contributed by atoms with Crippen molar-refractivity contribution < 1.29 is 0 Å². The van der Waals surface area contributed by atoms with E-state index in [0.717, 1.165) is 17.7 Å². The van der Waals surface area contributed by atoms with Crippen LogP contribution in [0.1, 0.15) is 64.6 Å². The Hall–Kier alpha value is -1.51. The Labute approximate surface area is 127 Å². The van der Waals surface area contributed by atoms with E-state index >= 15 is 0 Å². The predicted molar refractivity (Wildman–Crippen MR) is 89.4 cm³/mol. The van der Waals surface area contributed by atoms with E-state index in [4.69, 9.17) is 10.7 Å². The van der Waals surface area contributed by atoms with Crippen molar-refractivity contribution in [3.63, 3.8) is 0 Å². The van der Waals surface area contributed by atoms with Gasteiger partial charge < -0.3 is 10.3 Å². The first-order valence-electron chi connectivity index (χ1n) is 8.24. The number of nitrogen functional groups attached to an aromatic ring is 1. The molecule has 0 bridgehead atoms. The Morgan fingerprint density at radius 2 is 1.95 bits per heavy atom. The zero-order valence-corrected chi connectivity index (χ0v) is 13.5. The summed E-state index contributed by atoms with van der Waals surface area (Å²) in [6.07, 6.45) is 6.80. The van der Waals surface area contributed by atoms with Gasteiger partial charge in [0.25, 0.3) is 0 Å². The predicted octanol–water partition coefficient (Wildman–Crippen LogP) is 4.71. The summed E-state index contributed by atoms with van der Waals surface area (Å²) in [4.78, 5) is 4.85. The maximum absolute atomic E-state index is 5.92. The van der Waals surface area contributed by atoms with E-state index < -0.39 is 0 Å². The van der Waals surface area contributed by atoms with Gasteiger partial charge in [-0.1, -0.05) is 40.0 Å². The highest BCUT2D eigenvalue weighted by Crippen LogP contribution is 2.39. The molecule has 0 aliphatic heterocycles. The van der Waals surface area contributed by atoms with Gasteiger partial charge >= 0.3 is 0 Å². The minimum atomic E-state index is 0.414. The molecule has 1 heterocycles. The molecule has 2 aromatic rings. The average molecular weight is 285 g/mol. The summed E-state index contributed by atoms with van der Waals surface area (Å²) in [6.45, 7) is 7.98. The Morgan fingerprint density at radius 3 is 2.62 bits per heavy atom. The molecule has 0 saturated heterocycles. The van der Waals surface area contributed by atoms with Crippen LogP contribution in [0, 0.1) is 5.41 Å². The second kappa shape index (κ2) is 5.36. The van der Waals surface area contributed by atoms with E-state index in [1.54, 1.807) is 0 Å². The molecule has 114 valence electrons. The Morgan fingerprint density at radius 1 is 1.24 bits per heavy atom. The first-order valence-corrected chi connectivity index (χ1v) is 8.24. The number of nitrogens with two attached hydrogens (primary N) is 1. The summed E-state index contributed by atoms with van der Waals surface area (Å²) in [7, 11) is 0. The normalized spacial score (nSPS) is 18.5. The van der Waals surface area contributed by atoms with Crippen LogP contribution in [0.2, 0.25) is 0 Å². The number of hydrogen-bond acceptors (Lipinski definition) is 2. The smallest absolute Gasteiger partial charge is 0.112 e. The summed E-state index contributed by atoms with van der Waals surface area (Å²) < 4.78 is 2.45. The number of fused-ring (bicyclic) bond motifs is 1. The lowest BCUT2D eigenvalue weighted by Gasteiger charge is -2.34. The van der Waals surface area contributed by atoms with Crippen LogP contribution in [0.25, 0.3) is 11.0 Å². The van der Waals surface area contributed by atoms with Crippen LogP contribution >= 0.6 is 0 Å². The lowest BCUT2D eigenvalue weighted by atomic mass is 9.75. The molecule has 0 amide bonds. The first kappa shape index (κ1) is 14.4. The molecule has 1 fully saturated rings. The van der Waals surface area contributed by atoms with Crippen LogP contribution in [-0.4, -0.2) is 9.55 Å². The third-order valence-electron chi connectivity index (χ3n) is 4.92. The molecule has 0 atom stereocenters. The van der Waals surface area contributed by atoms with Crippen LogP contribution in [0.4, 0.5) is 5.69 Å². The molecule has 21 heavy (non-hydrogen) atoms. The second-order valence-electron chi connectivity index (χ2n) is 7.33. The van der Waals surface area contributed by atoms with Crippen LogP contribution < -0.4 is 5.73 Å². The fraction of sp³-hybridized carbons (Fsp3) is 0.611. The van der Waals surface area contributed by atoms with Crippen molar-refractivity contribution in [2.24, 2.45) is 5.41 Å². The van der Waals surface area contributed by atoms with Crippen LogP contribution in [-0.2, 0) is 6.54 Å². The van der Waals surface area contributed by atoms with Gasteiger partial charge in [-0.25, -0.2) is 4.98 Å². The van der Waals surface area contributed by atoms with Gasteiger partial charge in [0.1, 0.15) is 5.82 Å². The minimum Gasteiger partial charge on any atom is -0.399 e. The Balaban J connectivity index is 2.04. The third-order valence-corrected chi connectivity index (χ3v) is 4.92. The highest BCUT2D eigenvalue weighted by molar-refractivity contribution is 5.79. The van der Waals surface area contributed by atoms with Crippen molar-refractivity contribution >= 4 is 16.7 Å². The largest absolute Gasteiger partial charge is 0.399 e. The highest BCUT2D eigenvalue weighted by atomic mass is 15.1. The van der Waals surface area contributed by atoms with E-state index in [1.165, 1.54) is 43.4 Å². The van der Waals surface area contributed by atoms with Crippen molar-refractivity contribution in [2.75, 3.05) is 5.73 Å². The molecule has 3 rings (SSSR count). The molecule has 0 spiro atoms. The van der Waals surface area contributed by atoms with Gasteiger partial charge in [0.2, 0.25) is 0 Å². The van der Waals surface area contributed by atoms with Crippen molar-refractivity contribution in [2.45, 2.75) is 65.3 Å². The number of aromatic nitrogens is 2. The van der Waals surface area contributed by atoms with Gasteiger partial charge in [-0.05, 0) is 36.5 Å². The average Bonchev–Trinajstić information content (AvgIpc) is 2.77. The van der Waals surface area contributed by atoms with Crippen molar-refractivity contribution in [3.05, 3.63) is 24.0 Å². The van der Waals surface area contributed by atoms with Crippen LogP contribution in [0.5, 0.6) is 0 Å². The summed E-state index contributed by atoms with van der Waals surface area (Å²) in [6, 6.07) is 6.13. The summed E-state index contributed by atoms with van der Waals surface area (Å²) in [5.41, 5.74) is 9.41. The quantitative estimate of drug-likeness (QED) is 0.830. The standard InChI is InChI=1S/C18H27N3/c1-13(2)17-20-15-11-14(19)7-8-16(15)21(17)12-18(3)9-5-4-6-10-18/h7-8,11,13H,4-6,9-10,12,19H2,1-3H3. The van der Waals surface area contributed by atoms with Gasteiger partial charge in [-0.3, -0.25) is 0 Å². The molecule has 1 aliphatic rings. The summed E-state index contributed by atoms with van der Waals surface area (Å²) in [5, 5.41) is 0. The SMILES string of the molecule is CC(C)c1nc2cc(N)ccc2n1CC1(C)CCCCC1. The molecule has 3 nitrogen and oxygen atoms in total. The molecular weight excluding hydrogens is 258 g/mol. The molecule has 1 aromatic heterocycles. The van der Waals surface area contributed by atoms with Gasteiger partial charge in [0, 0.05) is 18.2 Å². The molecule has 0 radical (unpaired) electrons. The molecule has 3 heteroatoms. The van der Waals surface area contributed by atoms with E-state index in [0.29, 0.717) is 11.3 Å². The molecule has 1 aromatic carbocycles. The van der Waals surface area contributed by atoms with E-state index in [1.807, 2.05) is 12.1 Å². The molecular formula is C18H27N3. The highest BCUT2D eigenvalue weighted by Gasteiger charge is 2.29. The zero-order chi connectivity index (χ0) is 15.0. The Bertz CT molecular complexity index is 633. The summed E-state index contributed by atoms with van der Waals surface area (Å²) in [5.74, 6) is 1.63. The second-order valence-corrected chi connectivity index (χ2v) is 7.33. The third kappa shape index (κ3) is 2.78. The molecule has 2 N–H and O–H groups in total. The van der Waals surface area contributed by atoms with Crippen LogP contribution in [0.3, 0.4) is 0 Å². The molecule has 1 aliphatic carbocycles. The number of hydrogen-bond donors (Lipinski definition) is 1. The fourth-order valence-corrected chi connectivity index (χ4v) is 3.72. The van der Waals surface area contributed by atoms with Gasteiger partial charge in [0.15, 0.2) is 0 Å². The van der Waals surface area contributed by atoms with Crippen molar-refractivity contribution in [3.8, 4) is 0 Å². The summed E-state index contributed by atoms with van der Waals surface area (Å²) >= 11 is 0. The topological polar surface area (TPSA) is 43.8 Å². The number of benzene rings is 1. The number of rotatable bonds is 3. The lowest BCUT2D eigenvalue weighted by Crippen LogP contribution is -2.27. The number of nitrogens with zero attached hydrogens (tertiary/aromatic N) is 2. The van der Waals surface area contributed by atoms with E-state index in [2.05, 4.69) is 31.4 Å².